The van der Waals surface area contributed by atoms with E-state index in [1.165, 1.54) is 17.0 Å². The number of nitrogens with one attached hydrogen (secondary N) is 1. The highest BCUT2D eigenvalue weighted by molar-refractivity contribution is 9.10. The number of halogens is 2. The summed E-state index contributed by atoms with van der Waals surface area (Å²) in [6.07, 6.45) is 0.339. The van der Waals surface area contributed by atoms with Crippen molar-refractivity contribution in [2.75, 3.05) is 17.4 Å². The predicted molar refractivity (Wildman–Crippen MR) is 150 cm³/mol. The number of rotatable bonds is 11. The molecule has 0 aliphatic heterocycles. The third-order valence-corrected chi connectivity index (χ3v) is 8.45. The van der Waals surface area contributed by atoms with Crippen molar-refractivity contribution in [2.24, 2.45) is 0 Å². The van der Waals surface area contributed by atoms with E-state index in [9.17, 15) is 18.0 Å². The van der Waals surface area contributed by atoms with Gasteiger partial charge in [-0.1, -0.05) is 70.9 Å². The number of likely N-dealkylation sites (N-methyl/N-ethyl adjacent to an activating group) is 1. The number of carbonyl (C=O) groups is 2. The first-order chi connectivity index (χ1) is 17.7. The quantitative estimate of drug-likeness (QED) is 0.323. The van der Waals surface area contributed by atoms with Crippen LogP contribution in [0.25, 0.3) is 0 Å². The van der Waals surface area contributed by atoms with Crippen molar-refractivity contribution >= 4 is 55.1 Å². The topological polar surface area (TPSA) is 86.8 Å². The first-order valence-electron chi connectivity index (χ1n) is 11.8. The molecule has 0 radical (unpaired) electrons. The largest absolute Gasteiger partial charge is 0.355 e. The number of hydrogen-bond acceptors (Lipinski definition) is 4. The minimum atomic E-state index is -4.10. The van der Waals surface area contributed by atoms with Gasteiger partial charge in [0.15, 0.2) is 0 Å². The first kappa shape index (κ1) is 28.7. The monoisotopic (exact) mass is 605 g/mol. The van der Waals surface area contributed by atoms with Crippen molar-refractivity contribution in [3.05, 3.63) is 93.9 Å². The lowest BCUT2D eigenvalue weighted by Gasteiger charge is -2.33. The number of benzene rings is 3. The van der Waals surface area contributed by atoms with Crippen LogP contribution in [-0.4, -0.2) is 44.3 Å². The molecule has 196 valence electrons. The Kier molecular flexibility index (Phi) is 10.1. The van der Waals surface area contributed by atoms with Crippen LogP contribution < -0.4 is 9.62 Å². The van der Waals surface area contributed by atoms with Crippen molar-refractivity contribution in [2.45, 2.75) is 37.8 Å². The second kappa shape index (κ2) is 13.1. The summed E-state index contributed by atoms with van der Waals surface area (Å²) < 4.78 is 29.3. The fourth-order valence-electron chi connectivity index (χ4n) is 3.88. The highest BCUT2D eigenvalue weighted by Crippen LogP contribution is 2.27. The van der Waals surface area contributed by atoms with Crippen LogP contribution in [0.5, 0.6) is 0 Å². The normalized spacial score (nSPS) is 12.0. The highest BCUT2D eigenvalue weighted by Gasteiger charge is 2.33. The number of hydrogen-bond donors (Lipinski definition) is 1. The predicted octanol–water partition coefficient (Wildman–Crippen LogP) is 5.24. The van der Waals surface area contributed by atoms with Crippen molar-refractivity contribution in [3.63, 3.8) is 0 Å². The van der Waals surface area contributed by atoms with Crippen molar-refractivity contribution in [3.8, 4) is 0 Å². The van der Waals surface area contributed by atoms with Gasteiger partial charge in [0.1, 0.15) is 12.6 Å². The van der Waals surface area contributed by atoms with Gasteiger partial charge in [-0.05, 0) is 61.4 Å². The van der Waals surface area contributed by atoms with Crippen molar-refractivity contribution in [1.29, 1.82) is 0 Å². The van der Waals surface area contributed by atoms with E-state index in [0.29, 0.717) is 29.2 Å². The molecule has 3 aromatic carbocycles. The fraction of sp³-hybridized carbons (Fsp3) is 0.259. The van der Waals surface area contributed by atoms with Crippen LogP contribution >= 0.6 is 27.5 Å². The highest BCUT2D eigenvalue weighted by atomic mass is 79.9. The summed E-state index contributed by atoms with van der Waals surface area (Å²) in [5, 5.41) is 3.23. The number of sulfonamides is 1. The van der Waals surface area contributed by atoms with Crippen LogP contribution in [0.1, 0.15) is 25.8 Å². The number of carbonyl (C=O) groups excluding carboxylic acids is 2. The molecule has 0 saturated carbocycles. The zero-order chi connectivity index (χ0) is 27.0. The van der Waals surface area contributed by atoms with E-state index in [-0.39, 0.29) is 17.3 Å². The van der Waals surface area contributed by atoms with Crippen LogP contribution in [-0.2, 0) is 26.2 Å². The lowest BCUT2D eigenvalue weighted by molar-refractivity contribution is -0.140. The summed E-state index contributed by atoms with van der Waals surface area (Å²) in [6.45, 7) is 3.55. The Bertz CT molecular complexity index is 1320. The maximum Gasteiger partial charge on any atom is 0.264 e. The molecule has 37 heavy (non-hydrogen) atoms. The molecule has 0 bridgehead atoms. The van der Waals surface area contributed by atoms with Crippen molar-refractivity contribution in [1.82, 2.24) is 10.2 Å². The molecule has 0 aliphatic carbocycles. The SMILES string of the molecule is CCNC(=O)[C@@H](CC)N(Cc1ccccc1Cl)C(=O)CN(c1ccc(Br)cc1)S(=O)(=O)c1ccccc1. The van der Waals surface area contributed by atoms with Crippen molar-refractivity contribution < 1.29 is 18.0 Å². The molecule has 0 aromatic heterocycles. The Labute approximate surface area is 231 Å². The average Bonchev–Trinajstić information content (AvgIpc) is 2.89. The Morgan fingerprint density at radius 1 is 0.946 bits per heavy atom. The van der Waals surface area contributed by atoms with Gasteiger partial charge in [0.2, 0.25) is 11.8 Å². The van der Waals surface area contributed by atoms with E-state index in [0.717, 1.165) is 8.78 Å². The van der Waals surface area contributed by atoms with Gasteiger partial charge in [0, 0.05) is 22.6 Å². The molecule has 0 aliphatic rings. The summed E-state index contributed by atoms with van der Waals surface area (Å²) in [7, 11) is -4.10. The Hall–Kier alpha value is -2.88. The second-order valence-electron chi connectivity index (χ2n) is 8.23. The van der Waals surface area contributed by atoms with E-state index in [2.05, 4.69) is 21.2 Å². The van der Waals surface area contributed by atoms with E-state index in [1.807, 2.05) is 0 Å². The van der Waals surface area contributed by atoms with Gasteiger partial charge in [-0.2, -0.15) is 0 Å². The average molecular weight is 607 g/mol. The van der Waals surface area contributed by atoms with Gasteiger partial charge < -0.3 is 10.2 Å². The molecule has 2 amide bonds. The standard InChI is InChI=1S/C27H29BrClN3O4S/c1-3-25(27(34)30-4-2)31(18-20-10-8-9-13-24(20)29)26(33)19-32(22-16-14-21(28)15-17-22)37(35,36)23-11-6-5-7-12-23/h5-17,25H,3-4,18-19H2,1-2H3,(H,30,34)/t25-/m1/s1. The molecule has 0 saturated heterocycles. The fourth-order valence-corrected chi connectivity index (χ4v) is 5.77. The molecular formula is C27H29BrClN3O4S. The number of nitrogens with zero attached hydrogens (tertiary/aromatic N) is 2. The summed E-state index contributed by atoms with van der Waals surface area (Å²) >= 11 is 9.75. The second-order valence-corrected chi connectivity index (χ2v) is 11.4. The molecule has 3 aromatic rings. The molecule has 0 fully saturated rings. The summed E-state index contributed by atoms with van der Waals surface area (Å²) in [4.78, 5) is 28.3. The van der Waals surface area contributed by atoms with Crippen LogP contribution in [0, 0.1) is 0 Å². The molecule has 0 unspecified atom stereocenters. The number of amides is 2. The Morgan fingerprint density at radius 3 is 2.16 bits per heavy atom. The zero-order valence-electron chi connectivity index (χ0n) is 20.6. The third kappa shape index (κ3) is 7.12. The van der Waals surface area contributed by atoms with Gasteiger partial charge in [0.05, 0.1) is 10.6 Å². The number of anilines is 1. The Morgan fingerprint density at radius 2 is 1.57 bits per heavy atom. The Balaban J connectivity index is 2.05. The lowest BCUT2D eigenvalue weighted by Crippen LogP contribution is -2.52. The summed E-state index contributed by atoms with van der Waals surface area (Å²) in [6, 6.07) is 20.8. The first-order valence-corrected chi connectivity index (χ1v) is 14.4. The van der Waals surface area contributed by atoms with Gasteiger partial charge >= 0.3 is 0 Å². The molecule has 0 spiro atoms. The zero-order valence-corrected chi connectivity index (χ0v) is 23.8. The van der Waals surface area contributed by atoms with E-state index < -0.39 is 28.5 Å². The summed E-state index contributed by atoms with van der Waals surface area (Å²) in [5.74, 6) is -0.841. The van der Waals surface area contributed by atoms with E-state index in [1.54, 1.807) is 80.6 Å². The smallest absolute Gasteiger partial charge is 0.264 e. The summed E-state index contributed by atoms with van der Waals surface area (Å²) in [5.41, 5.74) is 0.977. The van der Waals surface area contributed by atoms with Crippen LogP contribution in [0.2, 0.25) is 5.02 Å². The molecule has 0 heterocycles. The van der Waals surface area contributed by atoms with Crippen LogP contribution in [0.3, 0.4) is 0 Å². The van der Waals surface area contributed by atoms with Gasteiger partial charge in [-0.3, -0.25) is 13.9 Å². The van der Waals surface area contributed by atoms with Gasteiger partial charge in [-0.15, -0.1) is 0 Å². The minimum absolute atomic E-state index is 0.0493. The molecule has 7 nitrogen and oxygen atoms in total. The van der Waals surface area contributed by atoms with Crippen LogP contribution in [0.15, 0.2) is 88.2 Å². The van der Waals surface area contributed by atoms with Gasteiger partial charge in [-0.25, -0.2) is 8.42 Å². The molecule has 10 heteroatoms. The maximum absolute atomic E-state index is 13.9. The van der Waals surface area contributed by atoms with E-state index >= 15 is 0 Å². The molecule has 1 N–H and O–H groups in total. The van der Waals surface area contributed by atoms with Gasteiger partial charge in [0.25, 0.3) is 10.0 Å². The van der Waals surface area contributed by atoms with Crippen LogP contribution in [0.4, 0.5) is 5.69 Å². The minimum Gasteiger partial charge on any atom is -0.355 e. The molecular weight excluding hydrogens is 578 g/mol. The van der Waals surface area contributed by atoms with E-state index in [4.69, 9.17) is 11.6 Å². The maximum atomic E-state index is 13.9. The molecule has 3 rings (SSSR count). The third-order valence-electron chi connectivity index (χ3n) is 5.76. The lowest BCUT2D eigenvalue weighted by atomic mass is 10.1. The molecule has 1 atom stereocenters.